The molecule has 0 saturated heterocycles. The van der Waals surface area contributed by atoms with Gasteiger partial charge in [-0.3, -0.25) is 11.3 Å². The number of nitrogens with two attached hydrogens (primary N) is 1. The van der Waals surface area contributed by atoms with Crippen LogP contribution in [0.25, 0.3) is 0 Å². The van der Waals surface area contributed by atoms with Crippen molar-refractivity contribution >= 4 is 0 Å². The van der Waals surface area contributed by atoms with E-state index < -0.39 is 0 Å². The summed E-state index contributed by atoms with van der Waals surface area (Å²) in [5.74, 6) is 6.57. The van der Waals surface area contributed by atoms with Gasteiger partial charge in [-0.15, -0.1) is 0 Å². The first kappa shape index (κ1) is 10.4. The van der Waals surface area contributed by atoms with Gasteiger partial charge in [0.15, 0.2) is 0 Å². The number of hydrogen-bond acceptors (Lipinski definition) is 3. The smallest absolute Gasteiger partial charge is 0.0844 e. The molecule has 0 amide bonds. The van der Waals surface area contributed by atoms with Gasteiger partial charge < -0.3 is 4.74 Å². The molecule has 82 valence electrons. The molecule has 2 aliphatic rings. The van der Waals surface area contributed by atoms with Crippen molar-refractivity contribution in [1.82, 2.24) is 5.43 Å². The van der Waals surface area contributed by atoms with E-state index in [0.717, 1.165) is 5.92 Å². The van der Waals surface area contributed by atoms with Crippen LogP contribution in [0.15, 0.2) is 0 Å². The molecule has 3 N–H and O–H groups in total. The number of ether oxygens (including phenoxy) is 1. The predicted molar refractivity (Wildman–Crippen MR) is 56.7 cm³/mol. The van der Waals surface area contributed by atoms with Gasteiger partial charge in [-0.05, 0) is 25.2 Å². The van der Waals surface area contributed by atoms with Crippen molar-refractivity contribution in [2.75, 3.05) is 7.11 Å². The third-order valence-electron chi connectivity index (χ3n) is 3.96. The SMILES string of the molecule is COC1(C(CC2CC2)NN)CCCC1. The van der Waals surface area contributed by atoms with Gasteiger partial charge in [0.1, 0.15) is 0 Å². The van der Waals surface area contributed by atoms with E-state index in [1.807, 2.05) is 7.11 Å². The highest BCUT2D eigenvalue weighted by Gasteiger charge is 2.43. The molecule has 2 fully saturated rings. The third kappa shape index (κ3) is 1.95. The van der Waals surface area contributed by atoms with Crippen LogP contribution in [0, 0.1) is 5.92 Å². The Hall–Kier alpha value is -0.120. The average Bonchev–Trinajstić information content (AvgIpc) is 2.91. The second-order valence-corrected chi connectivity index (χ2v) is 4.87. The van der Waals surface area contributed by atoms with Gasteiger partial charge in [0.05, 0.1) is 11.6 Å². The quantitative estimate of drug-likeness (QED) is 0.521. The maximum Gasteiger partial charge on any atom is 0.0844 e. The highest BCUT2D eigenvalue weighted by atomic mass is 16.5. The van der Waals surface area contributed by atoms with Gasteiger partial charge in [0.2, 0.25) is 0 Å². The zero-order chi connectivity index (χ0) is 10.0. The molecule has 3 heteroatoms. The lowest BCUT2D eigenvalue weighted by Gasteiger charge is -2.36. The molecule has 2 saturated carbocycles. The fourth-order valence-corrected chi connectivity index (χ4v) is 2.79. The molecule has 2 aliphatic carbocycles. The fourth-order valence-electron chi connectivity index (χ4n) is 2.79. The van der Waals surface area contributed by atoms with E-state index in [4.69, 9.17) is 10.6 Å². The molecule has 0 aromatic heterocycles. The number of methoxy groups -OCH3 is 1. The molecular formula is C11H22N2O. The minimum absolute atomic E-state index is 0.0390. The topological polar surface area (TPSA) is 47.3 Å². The summed E-state index contributed by atoms with van der Waals surface area (Å²) in [6, 6.07) is 0.363. The van der Waals surface area contributed by atoms with Gasteiger partial charge in [-0.25, -0.2) is 0 Å². The molecule has 1 atom stereocenters. The van der Waals surface area contributed by atoms with Crippen LogP contribution >= 0.6 is 0 Å². The lowest BCUT2D eigenvalue weighted by Crippen LogP contribution is -2.53. The van der Waals surface area contributed by atoms with E-state index >= 15 is 0 Å². The molecule has 14 heavy (non-hydrogen) atoms. The van der Waals surface area contributed by atoms with E-state index in [1.165, 1.54) is 44.9 Å². The van der Waals surface area contributed by atoms with Crippen LogP contribution in [0.1, 0.15) is 44.9 Å². The minimum Gasteiger partial charge on any atom is -0.377 e. The molecule has 0 aromatic carbocycles. The van der Waals surface area contributed by atoms with Crippen molar-refractivity contribution in [2.24, 2.45) is 11.8 Å². The second-order valence-electron chi connectivity index (χ2n) is 4.87. The molecule has 0 bridgehead atoms. The van der Waals surface area contributed by atoms with Crippen LogP contribution in [0.3, 0.4) is 0 Å². The lowest BCUT2D eigenvalue weighted by atomic mass is 9.88. The second kappa shape index (κ2) is 4.17. The monoisotopic (exact) mass is 198 g/mol. The Bertz CT molecular complexity index is 186. The first-order valence-corrected chi connectivity index (χ1v) is 5.82. The van der Waals surface area contributed by atoms with Crippen molar-refractivity contribution in [3.8, 4) is 0 Å². The normalized spacial score (nSPS) is 27.9. The molecule has 1 unspecified atom stereocenters. The van der Waals surface area contributed by atoms with Crippen molar-refractivity contribution in [2.45, 2.75) is 56.6 Å². The van der Waals surface area contributed by atoms with Gasteiger partial charge in [0, 0.05) is 7.11 Å². The molecule has 0 radical (unpaired) electrons. The number of hydrogen-bond donors (Lipinski definition) is 2. The lowest BCUT2D eigenvalue weighted by molar-refractivity contribution is -0.0392. The first-order chi connectivity index (χ1) is 6.80. The number of nitrogens with one attached hydrogen (secondary N) is 1. The maximum absolute atomic E-state index is 5.74. The van der Waals surface area contributed by atoms with Crippen molar-refractivity contribution in [3.63, 3.8) is 0 Å². The van der Waals surface area contributed by atoms with E-state index in [0.29, 0.717) is 6.04 Å². The van der Waals surface area contributed by atoms with E-state index in [9.17, 15) is 0 Å². The Labute approximate surface area is 86.4 Å². The highest BCUT2D eigenvalue weighted by molar-refractivity contribution is 4.98. The van der Waals surface area contributed by atoms with Gasteiger partial charge in [0.25, 0.3) is 0 Å². The van der Waals surface area contributed by atoms with Gasteiger partial charge >= 0.3 is 0 Å². The summed E-state index contributed by atoms with van der Waals surface area (Å²) in [5, 5.41) is 0. The van der Waals surface area contributed by atoms with E-state index in [1.54, 1.807) is 0 Å². The molecule has 2 rings (SSSR count). The fraction of sp³-hybridized carbons (Fsp3) is 1.00. The van der Waals surface area contributed by atoms with E-state index in [-0.39, 0.29) is 5.60 Å². The molecule has 0 aromatic rings. The van der Waals surface area contributed by atoms with Crippen molar-refractivity contribution < 1.29 is 4.74 Å². The largest absolute Gasteiger partial charge is 0.377 e. The summed E-state index contributed by atoms with van der Waals surface area (Å²) < 4.78 is 5.74. The highest BCUT2D eigenvalue weighted by Crippen LogP contribution is 2.41. The van der Waals surface area contributed by atoms with E-state index in [2.05, 4.69) is 5.43 Å². The zero-order valence-corrected chi connectivity index (χ0v) is 9.09. The molecule has 0 aliphatic heterocycles. The van der Waals surface area contributed by atoms with Crippen LogP contribution in [0.4, 0.5) is 0 Å². The Balaban J connectivity index is 1.98. The van der Waals surface area contributed by atoms with Crippen molar-refractivity contribution in [1.29, 1.82) is 0 Å². The zero-order valence-electron chi connectivity index (χ0n) is 9.09. The Morgan fingerprint density at radius 1 is 1.43 bits per heavy atom. The maximum atomic E-state index is 5.74. The van der Waals surface area contributed by atoms with Crippen LogP contribution in [-0.2, 0) is 4.74 Å². The number of rotatable bonds is 5. The minimum atomic E-state index is 0.0390. The Morgan fingerprint density at radius 3 is 2.50 bits per heavy atom. The molecule has 0 heterocycles. The summed E-state index contributed by atoms with van der Waals surface area (Å²) in [4.78, 5) is 0. The summed E-state index contributed by atoms with van der Waals surface area (Å²) in [6.45, 7) is 0. The molecular weight excluding hydrogens is 176 g/mol. The van der Waals surface area contributed by atoms with Crippen molar-refractivity contribution in [3.05, 3.63) is 0 Å². The average molecular weight is 198 g/mol. The summed E-state index contributed by atoms with van der Waals surface area (Å²) in [5.41, 5.74) is 3.02. The molecule has 0 spiro atoms. The Kier molecular flexibility index (Phi) is 3.10. The molecule has 3 nitrogen and oxygen atoms in total. The summed E-state index contributed by atoms with van der Waals surface area (Å²) in [6.07, 6.45) is 8.89. The number of hydrazine groups is 1. The summed E-state index contributed by atoms with van der Waals surface area (Å²) >= 11 is 0. The first-order valence-electron chi connectivity index (χ1n) is 5.82. The van der Waals surface area contributed by atoms with Crippen LogP contribution < -0.4 is 11.3 Å². The van der Waals surface area contributed by atoms with Crippen LogP contribution in [0.5, 0.6) is 0 Å². The van der Waals surface area contributed by atoms with Gasteiger partial charge in [-0.1, -0.05) is 25.7 Å². The van der Waals surface area contributed by atoms with Crippen LogP contribution in [-0.4, -0.2) is 18.8 Å². The Morgan fingerprint density at radius 2 is 2.07 bits per heavy atom. The summed E-state index contributed by atoms with van der Waals surface area (Å²) in [7, 11) is 1.84. The van der Waals surface area contributed by atoms with Crippen LogP contribution in [0.2, 0.25) is 0 Å². The van der Waals surface area contributed by atoms with Gasteiger partial charge in [-0.2, -0.15) is 0 Å². The standard InChI is InChI=1S/C11H22N2O/c1-14-11(6-2-3-7-11)10(13-12)8-9-4-5-9/h9-10,13H,2-8,12H2,1H3. The predicted octanol–water partition coefficient (Wildman–Crippen LogP) is 1.58. The third-order valence-corrected chi connectivity index (χ3v) is 3.96.